The Morgan fingerprint density at radius 3 is 2.56 bits per heavy atom. The van der Waals surface area contributed by atoms with Crippen LogP contribution in [0.15, 0.2) is 0 Å². The fourth-order valence-corrected chi connectivity index (χ4v) is 7.99. The lowest BCUT2D eigenvalue weighted by atomic mass is 9.45. The van der Waals surface area contributed by atoms with E-state index in [0.717, 1.165) is 50.4 Å². The number of aliphatic hydroxyl groups is 1. The van der Waals surface area contributed by atoms with Gasteiger partial charge >= 0.3 is 5.97 Å². The smallest absolute Gasteiger partial charge is 0.307 e. The second-order valence-corrected chi connectivity index (χ2v) is 10.4. The van der Waals surface area contributed by atoms with E-state index in [1.54, 1.807) is 0 Å². The summed E-state index contributed by atoms with van der Waals surface area (Å²) < 4.78 is 5.57. The predicted octanol–water partition coefficient (Wildman–Crippen LogP) is 4.50. The summed E-state index contributed by atoms with van der Waals surface area (Å²) in [5.41, 5.74) is -0.616. The molecule has 4 heteroatoms. The van der Waals surface area contributed by atoms with Crippen LogP contribution in [0.5, 0.6) is 0 Å². The Balaban J connectivity index is 1.49. The highest BCUT2D eigenvalue weighted by Crippen LogP contribution is 2.63. The molecule has 8 atom stereocenters. The van der Waals surface area contributed by atoms with E-state index < -0.39 is 11.6 Å². The molecule has 0 radical (unpaired) electrons. The molecule has 0 unspecified atom stereocenters. The molecule has 4 aliphatic carbocycles. The molecule has 0 heterocycles. The second-order valence-electron chi connectivity index (χ2n) is 10.4. The number of carbonyl (C=O) groups is 1. The normalized spacial score (nSPS) is 49.6. The zero-order valence-electron chi connectivity index (χ0n) is 17.2. The third kappa shape index (κ3) is 3.35. The fraction of sp³-hybridized carbons (Fsp3) is 0.957. The molecule has 154 valence electrons. The number of carboxylic acids is 1. The summed E-state index contributed by atoms with van der Waals surface area (Å²) in [6.45, 7) is 5.45. The van der Waals surface area contributed by atoms with Gasteiger partial charge in [-0.2, -0.15) is 0 Å². The van der Waals surface area contributed by atoms with Gasteiger partial charge in [0.2, 0.25) is 0 Å². The van der Waals surface area contributed by atoms with Crippen LogP contribution in [0.1, 0.15) is 78.1 Å². The molecule has 0 amide bonds. The Labute approximate surface area is 164 Å². The van der Waals surface area contributed by atoms with Crippen molar-refractivity contribution in [3.05, 3.63) is 0 Å². The number of aliphatic carboxylic acids is 1. The van der Waals surface area contributed by atoms with Gasteiger partial charge in [0.1, 0.15) is 0 Å². The number of rotatable bonds is 4. The van der Waals surface area contributed by atoms with Gasteiger partial charge in [0.05, 0.1) is 18.1 Å². The van der Waals surface area contributed by atoms with Crippen LogP contribution >= 0.6 is 0 Å². The van der Waals surface area contributed by atoms with E-state index in [9.17, 15) is 15.0 Å². The van der Waals surface area contributed by atoms with E-state index in [1.807, 2.05) is 6.92 Å². The number of carboxylic acid groups (broad SMARTS) is 1. The van der Waals surface area contributed by atoms with Gasteiger partial charge in [-0.05, 0) is 99.7 Å². The molecule has 4 saturated carbocycles. The van der Waals surface area contributed by atoms with E-state index in [4.69, 9.17) is 4.74 Å². The summed E-state index contributed by atoms with van der Waals surface area (Å²) in [5, 5.41) is 20.8. The molecule has 0 saturated heterocycles. The SMILES string of the molecule is CCOC[C@@]1(O)CC[C@H]2[C@@H](CC[C@@H]3[C@@H]2CC[C@]2(C)[C@@H](C(=O)O)CCC[C@@H]32)C1. The van der Waals surface area contributed by atoms with Crippen molar-refractivity contribution in [3.63, 3.8) is 0 Å². The van der Waals surface area contributed by atoms with E-state index in [2.05, 4.69) is 6.92 Å². The lowest BCUT2D eigenvalue weighted by molar-refractivity contribution is -0.166. The molecular weight excluding hydrogens is 340 g/mol. The zero-order valence-corrected chi connectivity index (χ0v) is 17.2. The van der Waals surface area contributed by atoms with E-state index in [1.165, 1.54) is 25.7 Å². The Morgan fingerprint density at radius 2 is 1.81 bits per heavy atom. The molecule has 4 fully saturated rings. The summed E-state index contributed by atoms with van der Waals surface area (Å²) in [4.78, 5) is 11.9. The average Bonchev–Trinajstić information content (AvgIpc) is 2.64. The summed E-state index contributed by atoms with van der Waals surface area (Å²) in [7, 11) is 0. The van der Waals surface area contributed by atoms with Gasteiger partial charge in [0, 0.05) is 6.61 Å². The Kier molecular flexibility index (Phi) is 5.35. The van der Waals surface area contributed by atoms with Crippen molar-refractivity contribution in [2.24, 2.45) is 40.9 Å². The van der Waals surface area contributed by atoms with Crippen molar-refractivity contribution in [1.29, 1.82) is 0 Å². The Hall–Kier alpha value is -0.610. The lowest BCUT2D eigenvalue weighted by Crippen LogP contribution is -2.55. The highest BCUT2D eigenvalue weighted by Gasteiger charge is 2.57. The third-order valence-electron chi connectivity index (χ3n) is 9.22. The number of ether oxygens (including phenoxy) is 1. The first kappa shape index (κ1) is 19.7. The molecule has 4 aliphatic rings. The highest BCUT2D eigenvalue weighted by molar-refractivity contribution is 5.71. The first-order chi connectivity index (χ1) is 12.9. The summed E-state index contributed by atoms with van der Waals surface area (Å²) in [6, 6.07) is 0. The summed E-state index contributed by atoms with van der Waals surface area (Å²) in [5.74, 6) is 2.73. The minimum Gasteiger partial charge on any atom is -0.481 e. The first-order valence-electron chi connectivity index (χ1n) is 11.4. The van der Waals surface area contributed by atoms with Crippen LogP contribution in [0.4, 0.5) is 0 Å². The predicted molar refractivity (Wildman–Crippen MR) is 104 cm³/mol. The van der Waals surface area contributed by atoms with E-state index in [-0.39, 0.29) is 11.3 Å². The van der Waals surface area contributed by atoms with Gasteiger partial charge in [-0.25, -0.2) is 0 Å². The largest absolute Gasteiger partial charge is 0.481 e. The molecule has 4 nitrogen and oxygen atoms in total. The van der Waals surface area contributed by atoms with Crippen molar-refractivity contribution in [1.82, 2.24) is 0 Å². The minimum atomic E-state index is -0.619. The number of hydrogen-bond acceptors (Lipinski definition) is 3. The number of hydrogen-bond donors (Lipinski definition) is 2. The van der Waals surface area contributed by atoms with Crippen LogP contribution in [0.2, 0.25) is 0 Å². The van der Waals surface area contributed by atoms with Crippen molar-refractivity contribution in [2.75, 3.05) is 13.2 Å². The highest BCUT2D eigenvalue weighted by atomic mass is 16.5. The van der Waals surface area contributed by atoms with E-state index >= 15 is 0 Å². The summed E-state index contributed by atoms with van der Waals surface area (Å²) >= 11 is 0. The molecule has 4 rings (SSSR count). The molecule has 0 bridgehead atoms. The van der Waals surface area contributed by atoms with Crippen LogP contribution in [0.3, 0.4) is 0 Å². The van der Waals surface area contributed by atoms with Crippen molar-refractivity contribution in [3.8, 4) is 0 Å². The van der Waals surface area contributed by atoms with Crippen LogP contribution in [0.25, 0.3) is 0 Å². The standard InChI is InChI=1S/C23H38O4/c1-3-27-14-23(26)12-10-16-15(13-23)7-8-18-17(16)9-11-22(2)19(18)5-4-6-20(22)21(24)25/h15-20,26H,3-14H2,1-2H3,(H,24,25)/t15-,16-,17+,18+,19-,20+,22-,23+/m0/s1. The molecule has 0 aromatic carbocycles. The maximum Gasteiger partial charge on any atom is 0.307 e. The molecule has 0 aromatic heterocycles. The lowest BCUT2D eigenvalue weighted by Gasteiger charge is -2.60. The Bertz CT molecular complexity index is 563. The van der Waals surface area contributed by atoms with Gasteiger partial charge in [0.15, 0.2) is 0 Å². The molecule has 0 aliphatic heterocycles. The van der Waals surface area contributed by atoms with Gasteiger partial charge in [-0.1, -0.05) is 13.3 Å². The maximum atomic E-state index is 11.9. The summed E-state index contributed by atoms with van der Waals surface area (Å²) in [6.07, 6.45) is 10.8. The zero-order chi connectivity index (χ0) is 19.2. The minimum absolute atomic E-state index is 0.00244. The fourth-order valence-electron chi connectivity index (χ4n) is 7.99. The molecule has 0 spiro atoms. The van der Waals surface area contributed by atoms with Crippen molar-refractivity contribution < 1.29 is 19.7 Å². The molecule has 27 heavy (non-hydrogen) atoms. The van der Waals surface area contributed by atoms with Gasteiger partial charge < -0.3 is 14.9 Å². The Morgan fingerprint density at radius 1 is 1.04 bits per heavy atom. The third-order valence-corrected chi connectivity index (χ3v) is 9.22. The monoisotopic (exact) mass is 378 g/mol. The average molecular weight is 379 g/mol. The van der Waals surface area contributed by atoms with Crippen LogP contribution in [-0.4, -0.2) is 35.0 Å². The quantitative estimate of drug-likeness (QED) is 0.756. The first-order valence-corrected chi connectivity index (χ1v) is 11.4. The van der Waals surface area contributed by atoms with E-state index in [0.29, 0.717) is 31.0 Å². The topological polar surface area (TPSA) is 66.8 Å². The maximum absolute atomic E-state index is 11.9. The second kappa shape index (κ2) is 7.33. The molecular formula is C23H38O4. The van der Waals surface area contributed by atoms with Crippen molar-refractivity contribution in [2.45, 2.75) is 83.7 Å². The number of fused-ring (bicyclic) bond motifs is 5. The molecule has 0 aromatic rings. The van der Waals surface area contributed by atoms with Gasteiger partial charge in [-0.15, -0.1) is 0 Å². The van der Waals surface area contributed by atoms with Crippen LogP contribution in [-0.2, 0) is 9.53 Å². The van der Waals surface area contributed by atoms with Gasteiger partial charge in [0.25, 0.3) is 0 Å². The van der Waals surface area contributed by atoms with Crippen molar-refractivity contribution >= 4 is 5.97 Å². The van der Waals surface area contributed by atoms with Crippen LogP contribution < -0.4 is 0 Å². The van der Waals surface area contributed by atoms with Crippen LogP contribution in [0, 0.1) is 40.9 Å². The molecule has 2 N–H and O–H groups in total. The van der Waals surface area contributed by atoms with Gasteiger partial charge in [-0.3, -0.25) is 4.79 Å².